The summed E-state index contributed by atoms with van der Waals surface area (Å²) in [4.78, 5) is 7.11. The third-order valence-corrected chi connectivity index (χ3v) is 4.12. The second-order valence-electron chi connectivity index (χ2n) is 6.07. The lowest BCUT2D eigenvalue weighted by Crippen LogP contribution is -2.34. The summed E-state index contributed by atoms with van der Waals surface area (Å²) in [5, 5.41) is 15.6. The fourth-order valence-corrected chi connectivity index (χ4v) is 2.82. The fraction of sp³-hybridized carbons (Fsp3) is 0.714. The molecule has 0 amide bonds. The Morgan fingerprint density at radius 1 is 1.38 bits per heavy atom. The van der Waals surface area contributed by atoms with E-state index < -0.39 is 0 Å². The monoisotopic (exact) mass is 289 g/mol. The van der Waals surface area contributed by atoms with Crippen molar-refractivity contribution in [3.63, 3.8) is 0 Å². The molecule has 1 fully saturated rings. The van der Waals surface area contributed by atoms with E-state index in [4.69, 9.17) is 0 Å². The SMILES string of the molecule is CC(C)c1n[nH]c(C2CCCCN2Cc2nncn2C)n1. The minimum atomic E-state index is 0.301. The van der Waals surface area contributed by atoms with Gasteiger partial charge in [0.25, 0.3) is 0 Å². The highest BCUT2D eigenvalue weighted by Gasteiger charge is 2.28. The molecule has 0 radical (unpaired) electrons. The van der Waals surface area contributed by atoms with Crippen molar-refractivity contribution in [3.8, 4) is 0 Å². The maximum atomic E-state index is 4.68. The van der Waals surface area contributed by atoms with E-state index in [2.05, 4.69) is 44.1 Å². The Morgan fingerprint density at radius 2 is 2.24 bits per heavy atom. The number of nitrogens with zero attached hydrogens (tertiary/aromatic N) is 6. The van der Waals surface area contributed by atoms with Gasteiger partial charge in [-0.05, 0) is 19.4 Å². The molecule has 2 aromatic rings. The van der Waals surface area contributed by atoms with Crippen LogP contribution in [0.1, 0.15) is 62.5 Å². The number of rotatable bonds is 4. The molecule has 1 aliphatic heterocycles. The van der Waals surface area contributed by atoms with Crippen LogP contribution in [0.15, 0.2) is 6.33 Å². The fourth-order valence-electron chi connectivity index (χ4n) is 2.82. The van der Waals surface area contributed by atoms with Crippen LogP contribution in [-0.4, -0.2) is 41.4 Å². The average molecular weight is 289 g/mol. The highest BCUT2D eigenvalue weighted by atomic mass is 15.3. The first-order valence-corrected chi connectivity index (χ1v) is 7.64. The van der Waals surface area contributed by atoms with Crippen LogP contribution in [0.4, 0.5) is 0 Å². The molecule has 0 aliphatic carbocycles. The van der Waals surface area contributed by atoms with E-state index in [-0.39, 0.29) is 0 Å². The van der Waals surface area contributed by atoms with E-state index in [1.54, 1.807) is 6.33 Å². The number of nitrogens with one attached hydrogen (secondary N) is 1. The van der Waals surface area contributed by atoms with Gasteiger partial charge in [0.15, 0.2) is 5.82 Å². The Morgan fingerprint density at radius 3 is 2.90 bits per heavy atom. The van der Waals surface area contributed by atoms with Crippen LogP contribution in [0.5, 0.6) is 0 Å². The van der Waals surface area contributed by atoms with E-state index >= 15 is 0 Å². The quantitative estimate of drug-likeness (QED) is 0.928. The molecule has 7 heteroatoms. The van der Waals surface area contributed by atoms with Crippen molar-refractivity contribution in [2.24, 2.45) is 7.05 Å². The van der Waals surface area contributed by atoms with Crippen molar-refractivity contribution in [2.75, 3.05) is 6.54 Å². The Labute approximate surface area is 124 Å². The van der Waals surface area contributed by atoms with Gasteiger partial charge in [0.2, 0.25) is 0 Å². The van der Waals surface area contributed by atoms with Crippen LogP contribution in [0.25, 0.3) is 0 Å². The maximum absolute atomic E-state index is 4.68. The Kier molecular flexibility index (Phi) is 4.01. The number of likely N-dealkylation sites (tertiary alicyclic amines) is 1. The lowest BCUT2D eigenvalue weighted by atomic mass is 10.0. The van der Waals surface area contributed by atoms with Crippen LogP contribution in [0.3, 0.4) is 0 Å². The summed E-state index contributed by atoms with van der Waals surface area (Å²) in [5.74, 6) is 3.23. The van der Waals surface area contributed by atoms with Crippen molar-refractivity contribution < 1.29 is 0 Å². The molecule has 1 unspecified atom stereocenters. The summed E-state index contributed by atoms with van der Waals surface area (Å²) >= 11 is 0. The summed E-state index contributed by atoms with van der Waals surface area (Å²) in [7, 11) is 1.99. The first-order valence-electron chi connectivity index (χ1n) is 7.64. The van der Waals surface area contributed by atoms with E-state index in [9.17, 15) is 0 Å². The number of aromatic amines is 1. The van der Waals surface area contributed by atoms with Crippen LogP contribution < -0.4 is 0 Å². The normalized spacial score (nSPS) is 20.3. The van der Waals surface area contributed by atoms with Crippen LogP contribution in [0, 0.1) is 0 Å². The second-order valence-corrected chi connectivity index (χ2v) is 6.07. The van der Waals surface area contributed by atoms with Gasteiger partial charge in [0, 0.05) is 13.0 Å². The Hall–Kier alpha value is -1.76. The molecule has 0 aromatic carbocycles. The lowest BCUT2D eigenvalue weighted by molar-refractivity contribution is 0.129. The molecule has 0 bridgehead atoms. The van der Waals surface area contributed by atoms with Crippen molar-refractivity contribution in [1.29, 1.82) is 0 Å². The van der Waals surface area contributed by atoms with Crippen molar-refractivity contribution in [2.45, 2.75) is 51.6 Å². The standard InChI is InChI=1S/C14H23N7/c1-10(2)13-16-14(19-18-13)11-6-4-5-7-21(11)8-12-17-15-9-20(12)3/h9-11H,4-8H2,1-3H3,(H,16,18,19). The number of piperidine rings is 1. The molecule has 21 heavy (non-hydrogen) atoms. The van der Waals surface area contributed by atoms with Crippen LogP contribution >= 0.6 is 0 Å². The first-order chi connectivity index (χ1) is 10.1. The first kappa shape index (κ1) is 14.2. The van der Waals surface area contributed by atoms with Crippen molar-refractivity contribution in [3.05, 3.63) is 23.8 Å². The smallest absolute Gasteiger partial charge is 0.153 e. The van der Waals surface area contributed by atoms with Gasteiger partial charge in [-0.1, -0.05) is 20.3 Å². The van der Waals surface area contributed by atoms with E-state index in [0.717, 1.165) is 37.0 Å². The molecule has 1 N–H and O–H groups in total. The predicted molar refractivity (Wildman–Crippen MR) is 78.5 cm³/mol. The minimum absolute atomic E-state index is 0.301. The van der Waals surface area contributed by atoms with Gasteiger partial charge in [0.05, 0.1) is 12.6 Å². The molecule has 0 saturated carbocycles. The van der Waals surface area contributed by atoms with E-state index in [0.29, 0.717) is 12.0 Å². The molecular weight excluding hydrogens is 266 g/mol. The Bertz CT molecular complexity index is 586. The molecule has 0 spiro atoms. The van der Waals surface area contributed by atoms with Gasteiger partial charge in [-0.2, -0.15) is 5.10 Å². The molecular formula is C14H23N7. The van der Waals surface area contributed by atoms with Gasteiger partial charge in [0.1, 0.15) is 18.0 Å². The predicted octanol–water partition coefficient (Wildman–Crippen LogP) is 1.78. The molecule has 7 nitrogen and oxygen atoms in total. The zero-order valence-electron chi connectivity index (χ0n) is 13.0. The third-order valence-electron chi connectivity index (χ3n) is 4.12. The highest BCUT2D eigenvalue weighted by Crippen LogP contribution is 2.30. The molecule has 3 rings (SSSR count). The van der Waals surface area contributed by atoms with Gasteiger partial charge >= 0.3 is 0 Å². The molecule has 114 valence electrons. The highest BCUT2D eigenvalue weighted by molar-refractivity contribution is 5.02. The maximum Gasteiger partial charge on any atom is 0.153 e. The van der Waals surface area contributed by atoms with Crippen molar-refractivity contribution in [1.82, 2.24) is 34.8 Å². The van der Waals surface area contributed by atoms with Crippen molar-refractivity contribution >= 4 is 0 Å². The average Bonchev–Trinajstić information content (AvgIpc) is 3.10. The lowest BCUT2D eigenvalue weighted by Gasteiger charge is -2.33. The number of hydrogen-bond donors (Lipinski definition) is 1. The summed E-state index contributed by atoms with van der Waals surface area (Å²) < 4.78 is 1.98. The number of hydrogen-bond acceptors (Lipinski definition) is 5. The second kappa shape index (κ2) is 5.93. The zero-order valence-corrected chi connectivity index (χ0v) is 13.0. The van der Waals surface area contributed by atoms with E-state index in [1.165, 1.54) is 12.8 Å². The summed E-state index contributed by atoms with van der Waals surface area (Å²) in [6.45, 7) is 6.10. The van der Waals surface area contributed by atoms with Crippen LogP contribution in [0.2, 0.25) is 0 Å². The topological polar surface area (TPSA) is 75.5 Å². The summed E-state index contributed by atoms with van der Waals surface area (Å²) in [6, 6.07) is 0.301. The van der Waals surface area contributed by atoms with Gasteiger partial charge in [-0.25, -0.2) is 4.98 Å². The minimum Gasteiger partial charge on any atom is -0.320 e. The Balaban J connectivity index is 1.79. The largest absolute Gasteiger partial charge is 0.320 e. The van der Waals surface area contributed by atoms with Crippen LogP contribution in [-0.2, 0) is 13.6 Å². The summed E-state index contributed by atoms with van der Waals surface area (Å²) in [5.41, 5.74) is 0. The summed E-state index contributed by atoms with van der Waals surface area (Å²) in [6.07, 6.45) is 5.32. The molecule has 1 aliphatic rings. The molecule has 1 saturated heterocycles. The molecule has 3 heterocycles. The van der Waals surface area contributed by atoms with E-state index in [1.807, 2.05) is 11.6 Å². The van der Waals surface area contributed by atoms with Gasteiger partial charge < -0.3 is 4.57 Å². The number of H-pyrrole nitrogens is 1. The van der Waals surface area contributed by atoms with Gasteiger partial charge in [-0.3, -0.25) is 10.00 Å². The number of aryl methyl sites for hydroxylation is 1. The molecule has 2 aromatic heterocycles. The zero-order chi connectivity index (χ0) is 14.8. The number of aromatic nitrogens is 6. The van der Waals surface area contributed by atoms with Gasteiger partial charge in [-0.15, -0.1) is 10.2 Å². The third kappa shape index (κ3) is 2.97. The molecule has 1 atom stereocenters.